The first kappa shape index (κ1) is 14.5. The fourth-order valence-electron chi connectivity index (χ4n) is 2.25. The highest BCUT2D eigenvalue weighted by Crippen LogP contribution is 2.27. The highest BCUT2D eigenvalue weighted by Gasteiger charge is 2.19. The molecule has 0 aliphatic heterocycles. The zero-order valence-electron chi connectivity index (χ0n) is 12.4. The Morgan fingerprint density at radius 2 is 1.96 bits per heavy atom. The lowest BCUT2D eigenvalue weighted by Gasteiger charge is -2.07. The lowest BCUT2D eigenvalue weighted by Crippen LogP contribution is -2.08. The summed E-state index contributed by atoms with van der Waals surface area (Å²) >= 11 is 5.01. The van der Waals surface area contributed by atoms with Crippen molar-refractivity contribution in [1.29, 1.82) is 0 Å². The van der Waals surface area contributed by atoms with Crippen molar-refractivity contribution in [2.24, 2.45) is 0 Å². The number of hydrogen-bond acceptors (Lipinski definition) is 6. The predicted octanol–water partition coefficient (Wildman–Crippen LogP) is 3.12. The standard InChI is InChI=1S/C14H12BrN7S/c1-8-11(15)7-21(19-8)9(2)13-20-22-12(17-18-14(22)23-13)10-3-5-16-6-4-10/h3-7,9H,1-2H3/t9-/m1/s1. The summed E-state index contributed by atoms with van der Waals surface area (Å²) in [4.78, 5) is 4.79. The fraction of sp³-hybridized carbons (Fsp3) is 0.214. The van der Waals surface area contributed by atoms with Crippen molar-refractivity contribution < 1.29 is 0 Å². The fourth-order valence-corrected chi connectivity index (χ4v) is 3.43. The molecule has 4 heterocycles. The topological polar surface area (TPSA) is 73.8 Å². The first-order valence-electron chi connectivity index (χ1n) is 6.97. The molecule has 0 spiro atoms. The van der Waals surface area contributed by atoms with E-state index in [1.807, 2.05) is 29.9 Å². The largest absolute Gasteiger partial charge is 0.265 e. The van der Waals surface area contributed by atoms with Crippen LogP contribution in [-0.4, -0.2) is 34.6 Å². The smallest absolute Gasteiger partial charge is 0.235 e. The molecular weight excluding hydrogens is 378 g/mol. The molecule has 7 nitrogen and oxygen atoms in total. The molecule has 0 radical (unpaired) electrons. The van der Waals surface area contributed by atoms with Crippen LogP contribution in [0.25, 0.3) is 16.3 Å². The van der Waals surface area contributed by atoms with E-state index in [0.717, 1.165) is 31.5 Å². The Morgan fingerprint density at radius 1 is 1.17 bits per heavy atom. The summed E-state index contributed by atoms with van der Waals surface area (Å²) < 4.78 is 4.67. The lowest BCUT2D eigenvalue weighted by molar-refractivity contribution is 0.551. The first-order chi connectivity index (χ1) is 11.1. The quantitative estimate of drug-likeness (QED) is 0.538. The summed E-state index contributed by atoms with van der Waals surface area (Å²) in [6, 6.07) is 3.82. The summed E-state index contributed by atoms with van der Waals surface area (Å²) in [6.45, 7) is 4.03. The van der Waals surface area contributed by atoms with E-state index in [1.165, 1.54) is 11.3 Å². The molecule has 0 fully saturated rings. The van der Waals surface area contributed by atoms with Gasteiger partial charge >= 0.3 is 0 Å². The van der Waals surface area contributed by atoms with Gasteiger partial charge in [-0.1, -0.05) is 11.3 Å². The van der Waals surface area contributed by atoms with Crippen LogP contribution in [0.2, 0.25) is 0 Å². The van der Waals surface area contributed by atoms with E-state index in [0.29, 0.717) is 0 Å². The minimum atomic E-state index is 0.0250. The Kier molecular flexibility index (Phi) is 3.46. The molecule has 116 valence electrons. The van der Waals surface area contributed by atoms with Gasteiger partial charge in [-0.3, -0.25) is 9.67 Å². The summed E-state index contributed by atoms with van der Waals surface area (Å²) in [5.41, 5.74) is 1.90. The Bertz CT molecular complexity index is 952. The van der Waals surface area contributed by atoms with Gasteiger partial charge in [0.15, 0.2) is 5.82 Å². The van der Waals surface area contributed by atoms with Crippen LogP contribution in [0, 0.1) is 6.92 Å². The number of fused-ring (bicyclic) bond motifs is 1. The third-order valence-electron chi connectivity index (χ3n) is 3.56. The van der Waals surface area contributed by atoms with E-state index in [9.17, 15) is 0 Å². The molecule has 0 N–H and O–H groups in total. The molecule has 4 rings (SSSR count). The van der Waals surface area contributed by atoms with Crippen LogP contribution >= 0.6 is 27.3 Å². The van der Waals surface area contributed by atoms with Crippen molar-refractivity contribution in [2.45, 2.75) is 19.9 Å². The normalized spacial score (nSPS) is 12.8. The van der Waals surface area contributed by atoms with E-state index in [1.54, 1.807) is 16.9 Å². The van der Waals surface area contributed by atoms with Crippen LogP contribution in [0.5, 0.6) is 0 Å². The molecule has 0 aliphatic carbocycles. The monoisotopic (exact) mass is 389 g/mol. The molecule has 0 bridgehead atoms. The summed E-state index contributed by atoms with van der Waals surface area (Å²) in [7, 11) is 0. The molecule has 0 unspecified atom stereocenters. The van der Waals surface area contributed by atoms with Crippen molar-refractivity contribution in [2.75, 3.05) is 0 Å². The van der Waals surface area contributed by atoms with E-state index in [2.05, 4.69) is 48.2 Å². The number of aromatic nitrogens is 7. The SMILES string of the molecule is Cc1nn([C@H](C)c2nn3c(-c4ccncc4)nnc3s2)cc1Br. The molecule has 23 heavy (non-hydrogen) atoms. The summed E-state index contributed by atoms with van der Waals surface area (Å²) in [5.74, 6) is 0.718. The van der Waals surface area contributed by atoms with Gasteiger partial charge in [0.2, 0.25) is 4.96 Å². The van der Waals surface area contributed by atoms with Gasteiger partial charge in [-0.25, -0.2) is 0 Å². The van der Waals surface area contributed by atoms with E-state index >= 15 is 0 Å². The number of nitrogens with zero attached hydrogens (tertiary/aromatic N) is 7. The Balaban J connectivity index is 1.76. The van der Waals surface area contributed by atoms with Crippen molar-refractivity contribution in [3.63, 3.8) is 0 Å². The van der Waals surface area contributed by atoms with Crippen LogP contribution in [0.4, 0.5) is 0 Å². The summed E-state index contributed by atoms with van der Waals surface area (Å²) in [6.07, 6.45) is 5.43. The van der Waals surface area contributed by atoms with Gasteiger partial charge in [0.05, 0.1) is 10.2 Å². The average molecular weight is 390 g/mol. The van der Waals surface area contributed by atoms with Gasteiger partial charge in [0, 0.05) is 24.2 Å². The molecule has 0 aromatic carbocycles. The van der Waals surface area contributed by atoms with Gasteiger partial charge in [-0.15, -0.1) is 10.2 Å². The molecule has 4 aromatic heterocycles. The second kappa shape index (κ2) is 5.50. The summed E-state index contributed by atoms with van der Waals surface area (Å²) in [5, 5.41) is 18.6. The van der Waals surface area contributed by atoms with Crippen LogP contribution in [0.1, 0.15) is 23.7 Å². The predicted molar refractivity (Wildman–Crippen MR) is 90.4 cm³/mol. The molecular formula is C14H12BrN7S. The third kappa shape index (κ3) is 2.45. The second-order valence-electron chi connectivity index (χ2n) is 5.11. The number of aryl methyl sites for hydroxylation is 1. The van der Waals surface area contributed by atoms with Crippen molar-refractivity contribution >= 4 is 32.2 Å². The minimum absolute atomic E-state index is 0.0250. The van der Waals surface area contributed by atoms with E-state index < -0.39 is 0 Å². The molecule has 0 amide bonds. The van der Waals surface area contributed by atoms with Gasteiger partial charge in [-0.2, -0.15) is 14.7 Å². The number of pyridine rings is 1. The van der Waals surface area contributed by atoms with E-state index in [4.69, 9.17) is 0 Å². The maximum Gasteiger partial charge on any atom is 0.235 e. The molecule has 0 aliphatic rings. The first-order valence-corrected chi connectivity index (χ1v) is 8.58. The highest BCUT2D eigenvalue weighted by molar-refractivity contribution is 9.10. The number of halogens is 1. The Morgan fingerprint density at radius 3 is 2.65 bits per heavy atom. The average Bonchev–Trinajstić information content (AvgIpc) is 3.22. The van der Waals surface area contributed by atoms with Crippen molar-refractivity contribution in [3.8, 4) is 11.4 Å². The Hall–Kier alpha value is -2.13. The number of rotatable bonds is 3. The number of hydrogen-bond donors (Lipinski definition) is 0. The molecule has 0 saturated heterocycles. The molecule has 1 atom stereocenters. The van der Waals surface area contributed by atoms with Crippen LogP contribution in [-0.2, 0) is 0 Å². The van der Waals surface area contributed by atoms with Gasteiger partial charge in [0.1, 0.15) is 11.0 Å². The van der Waals surface area contributed by atoms with Gasteiger partial charge in [0.25, 0.3) is 0 Å². The molecule has 9 heteroatoms. The lowest BCUT2D eigenvalue weighted by atomic mass is 10.2. The third-order valence-corrected chi connectivity index (χ3v) is 5.40. The van der Waals surface area contributed by atoms with E-state index in [-0.39, 0.29) is 6.04 Å². The zero-order valence-corrected chi connectivity index (χ0v) is 14.8. The zero-order chi connectivity index (χ0) is 16.0. The van der Waals surface area contributed by atoms with Crippen molar-refractivity contribution in [3.05, 3.63) is 45.9 Å². The van der Waals surface area contributed by atoms with Crippen LogP contribution in [0.3, 0.4) is 0 Å². The van der Waals surface area contributed by atoms with Gasteiger partial charge < -0.3 is 0 Å². The second-order valence-corrected chi connectivity index (χ2v) is 6.95. The van der Waals surface area contributed by atoms with Crippen LogP contribution < -0.4 is 0 Å². The maximum atomic E-state index is 4.68. The van der Waals surface area contributed by atoms with Crippen LogP contribution in [0.15, 0.2) is 35.2 Å². The maximum absolute atomic E-state index is 4.68. The Labute approximate surface area is 144 Å². The molecule has 4 aromatic rings. The molecule has 0 saturated carbocycles. The highest BCUT2D eigenvalue weighted by atomic mass is 79.9. The van der Waals surface area contributed by atoms with Crippen molar-refractivity contribution in [1.82, 2.24) is 34.6 Å². The van der Waals surface area contributed by atoms with Gasteiger partial charge in [-0.05, 0) is 41.9 Å². The minimum Gasteiger partial charge on any atom is -0.265 e.